The van der Waals surface area contributed by atoms with E-state index in [1.54, 1.807) is 6.20 Å². The highest BCUT2D eigenvalue weighted by molar-refractivity contribution is 6.30. The van der Waals surface area contributed by atoms with Crippen molar-refractivity contribution in [3.8, 4) is 0 Å². The number of rotatable bonds is 4. The van der Waals surface area contributed by atoms with Crippen LogP contribution in [0.15, 0.2) is 42.6 Å². The minimum Gasteiger partial charge on any atom is -0.392 e. The molecule has 2 rings (SSSR count). The molecule has 0 fully saturated rings. The van der Waals surface area contributed by atoms with Gasteiger partial charge in [0, 0.05) is 23.8 Å². The lowest BCUT2D eigenvalue weighted by atomic mass is 10.1. The fourth-order valence-electron chi connectivity index (χ4n) is 2.04. The number of aromatic nitrogens is 1. The summed E-state index contributed by atoms with van der Waals surface area (Å²) >= 11 is 6.02. The lowest BCUT2D eigenvalue weighted by Crippen LogP contribution is -2.23. The van der Waals surface area contributed by atoms with E-state index in [1.807, 2.05) is 48.3 Å². The molecule has 1 heterocycles. The van der Waals surface area contributed by atoms with E-state index in [9.17, 15) is 5.11 Å². The van der Waals surface area contributed by atoms with Crippen LogP contribution >= 0.6 is 11.6 Å². The minimum atomic E-state index is -0.0181. The maximum absolute atomic E-state index is 9.38. The van der Waals surface area contributed by atoms with Crippen LogP contribution in [0, 0.1) is 0 Å². The maximum atomic E-state index is 9.38. The average molecular weight is 277 g/mol. The van der Waals surface area contributed by atoms with Gasteiger partial charge in [-0.3, -0.25) is 0 Å². The number of nitrogens with zero attached hydrogens (tertiary/aromatic N) is 2. The molecule has 1 aromatic carbocycles. The summed E-state index contributed by atoms with van der Waals surface area (Å²) in [5.41, 5.74) is 1.93. The van der Waals surface area contributed by atoms with Crippen molar-refractivity contribution in [3.63, 3.8) is 0 Å². The van der Waals surface area contributed by atoms with Crippen LogP contribution in [0.3, 0.4) is 0 Å². The number of halogens is 1. The van der Waals surface area contributed by atoms with E-state index in [1.165, 1.54) is 0 Å². The summed E-state index contributed by atoms with van der Waals surface area (Å²) < 4.78 is 0. The van der Waals surface area contributed by atoms with Gasteiger partial charge < -0.3 is 10.0 Å². The first-order valence-electron chi connectivity index (χ1n) is 6.16. The zero-order chi connectivity index (χ0) is 13.8. The predicted molar refractivity (Wildman–Crippen MR) is 78.4 cm³/mol. The normalized spacial score (nSPS) is 12.2. The van der Waals surface area contributed by atoms with Gasteiger partial charge in [0.15, 0.2) is 0 Å². The number of aliphatic hydroxyl groups excluding tert-OH is 1. The van der Waals surface area contributed by atoms with Crippen molar-refractivity contribution >= 4 is 17.4 Å². The van der Waals surface area contributed by atoms with Crippen LogP contribution in [0.25, 0.3) is 0 Å². The quantitative estimate of drug-likeness (QED) is 0.929. The van der Waals surface area contributed by atoms with Gasteiger partial charge in [-0.1, -0.05) is 29.8 Å². The molecule has 1 aromatic heterocycles. The third-order valence-corrected chi connectivity index (χ3v) is 3.52. The van der Waals surface area contributed by atoms with Crippen LogP contribution < -0.4 is 4.90 Å². The fourth-order valence-corrected chi connectivity index (χ4v) is 2.24. The SMILES string of the molecule is CC(c1cccc(Cl)c1)N(C)c1ncccc1CO. The third-order valence-electron chi connectivity index (χ3n) is 3.28. The van der Waals surface area contributed by atoms with E-state index in [4.69, 9.17) is 11.6 Å². The van der Waals surface area contributed by atoms with Crippen molar-refractivity contribution in [2.24, 2.45) is 0 Å². The standard InChI is InChI=1S/C15H17ClN2O/c1-11(12-5-3-7-14(16)9-12)18(2)15-13(10-19)6-4-8-17-15/h3-9,11,19H,10H2,1-2H3. The molecule has 0 aliphatic carbocycles. The van der Waals surface area contributed by atoms with Gasteiger partial charge in [-0.05, 0) is 30.7 Å². The van der Waals surface area contributed by atoms with Gasteiger partial charge in [-0.2, -0.15) is 0 Å². The number of benzene rings is 1. The summed E-state index contributed by atoms with van der Waals surface area (Å²) in [4.78, 5) is 6.39. The van der Waals surface area contributed by atoms with Crippen molar-refractivity contribution in [3.05, 3.63) is 58.7 Å². The Balaban J connectivity index is 2.30. The highest BCUT2D eigenvalue weighted by atomic mass is 35.5. The summed E-state index contributed by atoms with van der Waals surface area (Å²) in [5.74, 6) is 0.789. The third kappa shape index (κ3) is 3.06. The van der Waals surface area contributed by atoms with E-state index in [-0.39, 0.29) is 12.6 Å². The molecule has 1 N–H and O–H groups in total. The molecule has 0 saturated heterocycles. The van der Waals surface area contributed by atoms with Crippen molar-refractivity contribution in [1.29, 1.82) is 0 Å². The molecule has 4 heteroatoms. The van der Waals surface area contributed by atoms with Gasteiger partial charge >= 0.3 is 0 Å². The van der Waals surface area contributed by atoms with Crippen LogP contribution in [0.5, 0.6) is 0 Å². The fraction of sp³-hybridized carbons (Fsp3) is 0.267. The first-order chi connectivity index (χ1) is 9.13. The molecule has 1 unspecified atom stereocenters. The number of hydrogen-bond donors (Lipinski definition) is 1. The smallest absolute Gasteiger partial charge is 0.134 e. The molecule has 1 atom stereocenters. The second-order valence-electron chi connectivity index (χ2n) is 4.49. The Hall–Kier alpha value is -1.58. The molecular formula is C15H17ClN2O. The van der Waals surface area contributed by atoms with Crippen LogP contribution in [0.4, 0.5) is 5.82 Å². The minimum absolute atomic E-state index is 0.0181. The van der Waals surface area contributed by atoms with E-state index >= 15 is 0 Å². The van der Waals surface area contributed by atoms with Crippen LogP contribution in [-0.4, -0.2) is 17.1 Å². The second-order valence-corrected chi connectivity index (χ2v) is 4.92. The average Bonchev–Trinajstić information content (AvgIpc) is 2.45. The maximum Gasteiger partial charge on any atom is 0.134 e. The zero-order valence-electron chi connectivity index (χ0n) is 11.0. The molecule has 3 nitrogen and oxygen atoms in total. The lowest BCUT2D eigenvalue weighted by Gasteiger charge is -2.28. The van der Waals surface area contributed by atoms with Gasteiger partial charge in [-0.25, -0.2) is 4.98 Å². The topological polar surface area (TPSA) is 36.4 Å². The summed E-state index contributed by atoms with van der Waals surface area (Å²) in [6.45, 7) is 2.07. The monoisotopic (exact) mass is 276 g/mol. The molecule has 2 aromatic rings. The van der Waals surface area contributed by atoms with Gasteiger partial charge in [0.05, 0.1) is 12.6 Å². The molecule has 0 aliphatic heterocycles. The number of hydrogen-bond acceptors (Lipinski definition) is 3. The zero-order valence-corrected chi connectivity index (χ0v) is 11.8. The molecule has 0 bridgehead atoms. The van der Waals surface area contributed by atoms with E-state index < -0.39 is 0 Å². The Labute approximate surface area is 118 Å². The highest BCUT2D eigenvalue weighted by Gasteiger charge is 2.16. The first-order valence-corrected chi connectivity index (χ1v) is 6.54. The number of anilines is 1. The molecule has 0 amide bonds. The molecule has 0 aliphatic rings. The Kier molecular flexibility index (Phi) is 4.40. The molecule has 100 valence electrons. The number of pyridine rings is 1. The molecule has 19 heavy (non-hydrogen) atoms. The molecule has 0 spiro atoms. The largest absolute Gasteiger partial charge is 0.392 e. The molecular weight excluding hydrogens is 260 g/mol. The van der Waals surface area contributed by atoms with Gasteiger partial charge in [0.25, 0.3) is 0 Å². The first kappa shape index (κ1) is 13.8. The Morgan fingerprint density at radius 3 is 2.79 bits per heavy atom. The Morgan fingerprint density at radius 2 is 2.11 bits per heavy atom. The van der Waals surface area contributed by atoms with E-state index in [0.717, 1.165) is 22.0 Å². The summed E-state index contributed by atoms with van der Waals surface area (Å²) in [7, 11) is 1.97. The van der Waals surface area contributed by atoms with Crippen molar-refractivity contribution in [2.75, 3.05) is 11.9 Å². The van der Waals surface area contributed by atoms with Gasteiger partial charge in [-0.15, -0.1) is 0 Å². The van der Waals surface area contributed by atoms with Crippen molar-refractivity contribution in [2.45, 2.75) is 19.6 Å². The van der Waals surface area contributed by atoms with Crippen LogP contribution in [0.1, 0.15) is 24.1 Å². The second kappa shape index (κ2) is 6.04. The van der Waals surface area contributed by atoms with Crippen molar-refractivity contribution in [1.82, 2.24) is 4.98 Å². The van der Waals surface area contributed by atoms with E-state index in [0.29, 0.717) is 0 Å². The summed E-state index contributed by atoms with van der Waals surface area (Å²) in [6, 6.07) is 11.6. The molecule has 0 radical (unpaired) electrons. The van der Waals surface area contributed by atoms with Crippen LogP contribution in [-0.2, 0) is 6.61 Å². The lowest BCUT2D eigenvalue weighted by molar-refractivity contribution is 0.281. The molecule has 0 saturated carbocycles. The predicted octanol–water partition coefficient (Wildman–Crippen LogP) is 3.42. The van der Waals surface area contributed by atoms with Gasteiger partial charge in [0.2, 0.25) is 0 Å². The summed E-state index contributed by atoms with van der Waals surface area (Å²) in [5, 5.41) is 10.1. The van der Waals surface area contributed by atoms with Crippen LogP contribution in [0.2, 0.25) is 5.02 Å². The Bertz CT molecular complexity index is 559. The van der Waals surface area contributed by atoms with E-state index in [2.05, 4.69) is 11.9 Å². The Morgan fingerprint density at radius 1 is 1.32 bits per heavy atom. The van der Waals surface area contributed by atoms with Gasteiger partial charge in [0.1, 0.15) is 5.82 Å². The summed E-state index contributed by atoms with van der Waals surface area (Å²) in [6.07, 6.45) is 1.73. The highest BCUT2D eigenvalue weighted by Crippen LogP contribution is 2.27. The number of aliphatic hydroxyl groups is 1. The van der Waals surface area contributed by atoms with Crippen molar-refractivity contribution < 1.29 is 5.11 Å².